The van der Waals surface area contributed by atoms with E-state index in [4.69, 9.17) is 11.6 Å². The second kappa shape index (κ2) is 9.49. The number of hydrogen-bond acceptors (Lipinski definition) is 2. The molecule has 4 nitrogen and oxygen atoms in total. The molecule has 0 fully saturated rings. The number of carbonyl (C=O) groups is 2. The first kappa shape index (κ1) is 20.8. The fraction of sp³-hybridized carbons (Fsp3) is 0. The Bertz CT molecular complexity index is 1080. The Morgan fingerprint density at radius 2 is 1.69 bits per heavy atom. The number of nitrogens with one attached hydrogen (secondary N) is 2. The Kier molecular flexibility index (Phi) is 6.80. The van der Waals surface area contributed by atoms with Gasteiger partial charge in [0.15, 0.2) is 0 Å². The summed E-state index contributed by atoms with van der Waals surface area (Å²) >= 11 is 9.25. The van der Waals surface area contributed by atoms with Gasteiger partial charge in [0.2, 0.25) is 0 Å². The minimum absolute atomic E-state index is 0.108. The van der Waals surface area contributed by atoms with Gasteiger partial charge >= 0.3 is 0 Å². The van der Waals surface area contributed by atoms with Crippen LogP contribution in [0.4, 0.5) is 10.1 Å². The summed E-state index contributed by atoms with van der Waals surface area (Å²) in [6.45, 7) is 0. The third-order valence-corrected chi connectivity index (χ3v) is 4.65. The predicted molar refractivity (Wildman–Crippen MR) is 116 cm³/mol. The van der Waals surface area contributed by atoms with E-state index in [1.807, 2.05) is 0 Å². The average Bonchev–Trinajstić information content (AvgIpc) is 2.69. The van der Waals surface area contributed by atoms with Crippen molar-refractivity contribution in [3.63, 3.8) is 0 Å². The van der Waals surface area contributed by atoms with Crippen LogP contribution in [0.5, 0.6) is 0 Å². The van der Waals surface area contributed by atoms with E-state index in [-0.39, 0.29) is 11.3 Å². The molecule has 0 atom stereocenters. The van der Waals surface area contributed by atoms with Gasteiger partial charge in [-0.05, 0) is 54.6 Å². The number of anilines is 1. The fourth-order valence-corrected chi connectivity index (χ4v) is 2.92. The summed E-state index contributed by atoms with van der Waals surface area (Å²) in [6.07, 6.45) is 1.28. The summed E-state index contributed by atoms with van der Waals surface area (Å²) in [5.74, 6) is -1.62. The van der Waals surface area contributed by atoms with Gasteiger partial charge in [-0.1, -0.05) is 51.8 Å². The smallest absolute Gasteiger partial charge is 0.272 e. The molecule has 0 aliphatic carbocycles. The van der Waals surface area contributed by atoms with Crippen LogP contribution in [0, 0.1) is 5.82 Å². The molecule has 0 saturated heterocycles. The summed E-state index contributed by atoms with van der Waals surface area (Å²) in [5, 5.41) is 5.66. The molecule has 0 aromatic heterocycles. The van der Waals surface area contributed by atoms with Gasteiger partial charge < -0.3 is 10.6 Å². The van der Waals surface area contributed by atoms with E-state index < -0.39 is 17.6 Å². The van der Waals surface area contributed by atoms with E-state index in [1.165, 1.54) is 18.2 Å². The van der Waals surface area contributed by atoms with Crippen molar-refractivity contribution in [3.05, 3.63) is 105 Å². The molecule has 3 aromatic rings. The predicted octanol–water partition coefficient (Wildman–Crippen LogP) is 5.65. The number of amides is 2. The van der Waals surface area contributed by atoms with Gasteiger partial charge in [0.1, 0.15) is 11.5 Å². The van der Waals surface area contributed by atoms with Gasteiger partial charge in [-0.2, -0.15) is 0 Å². The molecule has 7 heteroatoms. The maximum absolute atomic E-state index is 14.1. The summed E-state index contributed by atoms with van der Waals surface area (Å²) in [6, 6.07) is 19.2. The molecule has 3 aromatic carbocycles. The van der Waals surface area contributed by atoms with Crippen molar-refractivity contribution < 1.29 is 14.0 Å². The van der Waals surface area contributed by atoms with Crippen LogP contribution in [0.25, 0.3) is 6.08 Å². The van der Waals surface area contributed by atoms with Crippen LogP contribution in [0.1, 0.15) is 15.9 Å². The minimum Gasteiger partial charge on any atom is -0.321 e. The topological polar surface area (TPSA) is 58.2 Å². The Morgan fingerprint density at radius 3 is 2.38 bits per heavy atom. The number of hydrogen-bond donors (Lipinski definition) is 2. The van der Waals surface area contributed by atoms with E-state index in [1.54, 1.807) is 60.7 Å². The highest BCUT2D eigenvalue weighted by Gasteiger charge is 2.16. The van der Waals surface area contributed by atoms with E-state index >= 15 is 0 Å². The standard InChI is InChI=1S/C22H15BrClFN2O2/c23-16-10-8-14(9-11-16)21(28)27-20(12-15-4-1-2-7-19(15)25)22(29)26-18-6-3-5-17(24)13-18/h1-13H,(H,26,29)(H,27,28)/b20-12-. The summed E-state index contributed by atoms with van der Waals surface area (Å²) in [4.78, 5) is 25.4. The van der Waals surface area contributed by atoms with Crippen LogP contribution in [0.2, 0.25) is 5.02 Å². The normalized spacial score (nSPS) is 11.1. The Labute approximate surface area is 180 Å². The Hall–Kier alpha value is -2.96. The molecule has 0 unspecified atom stereocenters. The molecule has 29 heavy (non-hydrogen) atoms. The lowest BCUT2D eigenvalue weighted by atomic mass is 10.1. The lowest BCUT2D eigenvalue weighted by Crippen LogP contribution is -2.30. The zero-order valence-corrected chi connectivity index (χ0v) is 17.3. The van der Waals surface area contributed by atoms with Gasteiger partial charge in [-0.25, -0.2) is 4.39 Å². The molecular formula is C22H15BrClFN2O2. The molecule has 2 N–H and O–H groups in total. The molecule has 0 aliphatic heterocycles. The van der Waals surface area contributed by atoms with Crippen molar-refractivity contribution >= 4 is 51.1 Å². The second-order valence-corrected chi connectivity index (χ2v) is 7.36. The lowest BCUT2D eigenvalue weighted by molar-refractivity contribution is -0.113. The largest absolute Gasteiger partial charge is 0.321 e. The highest BCUT2D eigenvalue weighted by atomic mass is 79.9. The van der Waals surface area contributed by atoms with Crippen molar-refractivity contribution in [2.45, 2.75) is 0 Å². The first-order valence-corrected chi connectivity index (χ1v) is 9.69. The van der Waals surface area contributed by atoms with Crippen LogP contribution in [0.3, 0.4) is 0 Å². The van der Waals surface area contributed by atoms with Crippen molar-refractivity contribution in [3.8, 4) is 0 Å². The maximum atomic E-state index is 14.1. The molecule has 0 aliphatic rings. The van der Waals surface area contributed by atoms with Crippen LogP contribution >= 0.6 is 27.5 Å². The number of halogens is 3. The number of carbonyl (C=O) groups excluding carboxylic acids is 2. The third kappa shape index (κ3) is 5.76. The van der Waals surface area contributed by atoms with Crippen LogP contribution in [0.15, 0.2) is 83.0 Å². The Morgan fingerprint density at radius 1 is 0.966 bits per heavy atom. The molecule has 2 amide bonds. The van der Waals surface area contributed by atoms with E-state index in [0.29, 0.717) is 16.3 Å². The molecule has 146 valence electrons. The van der Waals surface area contributed by atoms with Crippen molar-refractivity contribution in [2.75, 3.05) is 5.32 Å². The quantitative estimate of drug-likeness (QED) is 0.470. The molecule has 0 heterocycles. The van der Waals surface area contributed by atoms with Crippen LogP contribution in [-0.4, -0.2) is 11.8 Å². The summed E-state index contributed by atoms with van der Waals surface area (Å²) in [5.41, 5.74) is 0.853. The molecule has 0 radical (unpaired) electrons. The fourth-order valence-electron chi connectivity index (χ4n) is 2.47. The van der Waals surface area contributed by atoms with Crippen molar-refractivity contribution in [1.29, 1.82) is 0 Å². The summed E-state index contributed by atoms with van der Waals surface area (Å²) in [7, 11) is 0. The number of rotatable bonds is 5. The van der Waals surface area contributed by atoms with Gasteiger partial charge in [0.05, 0.1) is 0 Å². The zero-order valence-electron chi connectivity index (χ0n) is 15.0. The van der Waals surface area contributed by atoms with Crippen LogP contribution < -0.4 is 10.6 Å². The molecule has 0 saturated carbocycles. The lowest BCUT2D eigenvalue weighted by Gasteiger charge is -2.12. The summed E-state index contributed by atoms with van der Waals surface area (Å²) < 4.78 is 14.9. The monoisotopic (exact) mass is 472 g/mol. The van der Waals surface area contributed by atoms with E-state index in [9.17, 15) is 14.0 Å². The molecule has 0 bridgehead atoms. The SMILES string of the molecule is O=C(Nc1cccc(Cl)c1)/C(=C/c1ccccc1F)NC(=O)c1ccc(Br)cc1. The van der Waals surface area contributed by atoms with E-state index in [2.05, 4.69) is 26.6 Å². The highest BCUT2D eigenvalue weighted by Crippen LogP contribution is 2.17. The van der Waals surface area contributed by atoms with Gasteiger partial charge in [0.25, 0.3) is 11.8 Å². The highest BCUT2D eigenvalue weighted by molar-refractivity contribution is 9.10. The van der Waals surface area contributed by atoms with Crippen molar-refractivity contribution in [1.82, 2.24) is 5.32 Å². The Balaban J connectivity index is 1.90. The second-order valence-electron chi connectivity index (χ2n) is 6.01. The number of benzene rings is 3. The van der Waals surface area contributed by atoms with Gasteiger partial charge in [0, 0.05) is 26.3 Å². The minimum atomic E-state index is -0.610. The van der Waals surface area contributed by atoms with Gasteiger partial charge in [-0.3, -0.25) is 9.59 Å². The van der Waals surface area contributed by atoms with Crippen LogP contribution in [-0.2, 0) is 4.79 Å². The van der Waals surface area contributed by atoms with Gasteiger partial charge in [-0.15, -0.1) is 0 Å². The average molecular weight is 474 g/mol. The first-order chi connectivity index (χ1) is 13.9. The maximum Gasteiger partial charge on any atom is 0.272 e. The van der Waals surface area contributed by atoms with E-state index in [0.717, 1.165) is 4.47 Å². The molecular weight excluding hydrogens is 459 g/mol. The third-order valence-electron chi connectivity index (χ3n) is 3.89. The molecule has 0 spiro atoms. The van der Waals surface area contributed by atoms with Crippen molar-refractivity contribution in [2.24, 2.45) is 0 Å². The molecule has 3 rings (SSSR count). The zero-order chi connectivity index (χ0) is 20.8. The first-order valence-electron chi connectivity index (χ1n) is 8.52.